The minimum absolute atomic E-state index is 0.159. The summed E-state index contributed by atoms with van der Waals surface area (Å²) in [6.07, 6.45) is 1.33. The summed E-state index contributed by atoms with van der Waals surface area (Å²) < 4.78 is 1.44. The SMILES string of the molecule is Cc1[nH]n(-c2ccccc2)c(=O)c1/C=N\N=C(N)N. The number of aromatic amines is 1. The Morgan fingerprint density at radius 2 is 2.00 bits per heavy atom. The minimum atomic E-state index is -0.210. The van der Waals surface area contributed by atoms with Crippen LogP contribution in [0.5, 0.6) is 0 Å². The number of hydrogen-bond donors (Lipinski definition) is 3. The molecule has 0 aliphatic heterocycles. The van der Waals surface area contributed by atoms with Crippen LogP contribution in [0.15, 0.2) is 45.3 Å². The van der Waals surface area contributed by atoms with Crippen LogP contribution in [0.1, 0.15) is 11.3 Å². The normalized spacial score (nSPS) is 10.8. The highest BCUT2D eigenvalue weighted by atomic mass is 16.1. The van der Waals surface area contributed by atoms with Crippen LogP contribution >= 0.6 is 0 Å². The van der Waals surface area contributed by atoms with E-state index in [1.54, 1.807) is 6.92 Å². The molecule has 1 aromatic heterocycles. The first-order valence-corrected chi connectivity index (χ1v) is 5.58. The highest BCUT2D eigenvalue weighted by Crippen LogP contribution is 2.05. The summed E-state index contributed by atoms with van der Waals surface area (Å²) in [5, 5.41) is 10.1. The third-order valence-electron chi connectivity index (χ3n) is 2.49. The van der Waals surface area contributed by atoms with Crippen LogP contribution in [0.3, 0.4) is 0 Å². The van der Waals surface area contributed by atoms with Crippen molar-refractivity contribution in [2.45, 2.75) is 6.92 Å². The van der Waals surface area contributed by atoms with E-state index in [-0.39, 0.29) is 11.5 Å². The number of aryl methyl sites for hydroxylation is 1. The van der Waals surface area contributed by atoms with E-state index < -0.39 is 0 Å². The second-order valence-corrected chi connectivity index (χ2v) is 3.90. The molecule has 0 radical (unpaired) electrons. The molecule has 2 rings (SSSR count). The Morgan fingerprint density at radius 3 is 2.63 bits per heavy atom. The van der Waals surface area contributed by atoms with E-state index in [9.17, 15) is 4.79 Å². The molecular weight excluding hydrogens is 244 g/mol. The molecule has 1 heterocycles. The number of H-pyrrole nitrogens is 1. The summed E-state index contributed by atoms with van der Waals surface area (Å²) in [5.41, 5.74) is 11.9. The topological polar surface area (TPSA) is 115 Å². The summed E-state index contributed by atoms with van der Waals surface area (Å²) >= 11 is 0. The monoisotopic (exact) mass is 258 g/mol. The Morgan fingerprint density at radius 1 is 1.32 bits per heavy atom. The van der Waals surface area contributed by atoms with Gasteiger partial charge in [0.25, 0.3) is 5.56 Å². The zero-order chi connectivity index (χ0) is 13.8. The lowest BCUT2D eigenvalue weighted by Gasteiger charge is -1.99. The van der Waals surface area contributed by atoms with Gasteiger partial charge in [-0.3, -0.25) is 9.89 Å². The summed E-state index contributed by atoms with van der Waals surface area (Å²) in [7, 11) is 0. The number of para-hydroxylation sites is 1. The first kappa shape index (κ1) is 12.6. The Balaban J connectivity index is 2.44. The van der Waals surface area contributed by atoms with Gasteiger partial charge in [-0.2, -0.15) is 5.10 Å². The predicted molar refractivity (Wildman–Crippen MR) is 74.5 cm³/mol. The number of nitrogens with two attached hydrogens (primary N) is 2. The van der Waals surface area contributed by atoms with Gasteiger partial charge < -0.3 is 11.5 Å². The molecule has 0 aliphatic rings. The molecule has 19 heavy (non-hydrogen) atoms. The molecule has 2 aromatic rings. The number of guanidine groups is 1. The summed E-state index contributed by atoms with van der Waals surface area (Å²) in [5.74, 6) is -0.159. The van der Waals surface area contributed by atoms with E-state index in [2.05, 4.69) is 15.3 Å². The van der Waals surface area contributed by atoms with Crippen LogP contribution in [0.4, 0.5) is 0 Å². The van der Waals surface area contributed by atoms with Gasteiger partial charge in [-0.25, -0.2) is 4.68 Å². The smallest absolute Gasteiger partial charge is 0.280 e. The van der Waals surface area contributed by atoms with Crippen LogP contribution in [0.25, 0.3) is 5.69 Å². The lowest BCUT2D eigenvalue weighted by Crippen LogP contribution is -2.22. The molecule has 0 unspecified atom stereocenters. The quantitative estimate of drug-likeness (QED) is 0.411. The van der Waals surface area contributed by atoms with Crippen molar-refractivity contribution in [3.8, 4) is 5.69 Å². The van der Waals surface area contributed by atoms with Crippen molar-refractivity contribution in [1.29, 1.82) is 0 Å². The van der Waals surface area contributed by atoms with Gasteiger partial charge in [-0.05, 0) is 19.1 Å². The third kappa shape index (κ3) is 2.71. The van der Waals surface area contributed by atoms with E-state index in [4.69, 9.17) is 11.5 Å². The van der Waals surface area contributed by atoms with Gasteiger partial charge in [-0.1, -0.05) is 18.2 Å². The highest BCUT2D eigenvalue weighted by molar-refractivity contribution is 5.82. The van der Waals surface area contributed by atoms with Gasteiger partial charge in [0.15, 0.2) is 0 Å². The van der Waals surface area contributed by atoms with Crippen molar-refractivity contribution < 1.29 is 0 Å². The van der Waals surface area contributed by atoms with Gasteiger partial charge in [0.05, 0.1) is 17.5 Å². The Bertz CT molecular complexity index is 676. The van der Waals surface area contributed by atoms with E-state index in [0.717, 1.165) is 5.69 Å². The second kappa shape index (κ2) is 5.21. The summed E-state index contributed by atoms with van der Waals surface area (Å²) in [6.45, 7) is 1.78. The van der Waals surface area contributed by atoms with E-state index in [1.807, 2.05) is 30.3 Å². The van der Waals surface area contributed by atoms with Crippen molar-refractivity contribution in [3.63, 3.8) is 0 Å². The standard InChI is InChI=1S/C12H14N6O/c1-8-10(7-15-16-12(13)14)11(19)18(17-8)9-5-3-2-4-6-9/h2-7,17H,1H3,(H4,13,14,16)/b15-7-. The van der Waals surface area contributed by atoms with E-state index in [1.165, 1.54) is 10.9 Å². The summed E-state index contributed by atoms with van der Waals surface area (Å²) in [4.78, 5) is 12.2. The number of rotatable bonds is 3. The van der Waals surface area contributed by atoms with Crippen LogP contribution in [-0.2, 0) is 0 Å². The zero-order valence-corrected chi connectivity index (χ0v) is 10.4. The lowest BCUT2D eigenvalue weighted by atomic mass is 10.3. The fourth-order valence-corrected chi connectivity index (χ4v) is 1.62. The average Bonchev–Trinajstić information content (AvgIpc) is 2.67. The molecule has 0 atom stereocenters. The maximum Gasteiger partial charge on any atom is 0.280 e. The number of benzene rings is 1. The van der Waals surface area contributed by atoms with Crippen LogP contribution < -0.4 is 17.0 Å². The van der Waals surface area contributed by atoms with Crippen molar-refractivity contribution in [3.05, 3.63) is 51.9 Å². The lowest BCUT2D eigenvalue weighted by molar-refractivity contribution is 0.835. The molecule has 0 fully saturated rings. The Hall–Kier alpha value is -2.83. The molecule has 98 valence electrons. The van der Waals surface area contributed by atoms with Crippen molar-refractivity contribution in [2.75, 3.05) is 0 Å². The summed E-state index contributed by atoms with van der Waals surface area (Å²) in [6, 6.07) is 9.24. The minimum Gasteiger partial charge on any atom is -0.369 e. The molecule has 7 nitrogen and oxygen atoms in total. The zero-order valence-electron chi connectivity index (χ0n) is 10.4. The van der Waals surface area contributed by atoms with Crippen LogP contribution in [0.2, 0.25) is 0 Å². The number of aromatic nitrogens is 2. The Kier molecular flexibility index (Phi) is 3.46. The van der Waals surface area contributed by atoms with Crippen molar-refractivity contribution in [1.82, 2.24) is 9.78 Å². The van der Waals surface area contributed by atoms with Crippen molar-refractivity contribution in [2.24, 2.45) is 21.7 Å². The van der Waals surface area contributed by atoms with Gasteiger partial charge in [0.1, 0.15) is 0 Å². The number of nitrogens with one attached hydrogen (secondary N) is 1. The molecular formula is C12H14N6O. The molecule has 0 saturated carbocycles. The first-order chi connectivity index (χ1) is 9.09. The van der Waals surface area contributed by atoms with E-state index >= 15 is 0 Å². The number of nitrogens with zero attached hydrogens (tertiary/aromatic N) is 3. The maximum atomic E-state index is 12.2. The fourth-order valence-electron chi connectivity index (χ4n) is 1.62. The van der Waals surface area contributed by atoms with Crippen molar-refractivity contribution >= 4 is 12.2 Å². The molecule has 1 aromatic carbocycles. The van der Waals surface area contributed by atoms with Gasteiger partial charge >= 0.3 is 0 Å². The second-order valence-electron chi connectivity index (χ2n) is 3.90. The van der Waals surface area contributed by atoms with Crippen LogP contribution in [0, 0.1) is 6.92 Å². The molecule has 0 saturated heterocycles. The fraction of sp³-hybridized carbons (Fsp3) is 0.0833. The maximum absolute atomic E-state index is 12.2. The number of hydrogen-bond acceptors (Lipinski definition) is 3. The molecule has 5 N–H and O–H groups in total. The van der Waals surface area contributed by atoms with Crippen LogP contribution in [-0.4, -0.2) is 22.0 Å². The first-order valence-electron chi connectivity index (χ1n) is 5.58. The molecule has 0 bridgehead atoms. The predicted octanol–water partition coefficient (Wildman–Crippen LogP) is 0.0813. The molecule has 7 heteroatoms. The third-order valence-corrected chi connectivity index (χ3v) is 2.49. The van der Waals surface area contributed by atoms with Gasteiger partial charge in [-0.15, -0.1) is 5.10 Å². The van der Waals surface area contributed by atoms with E-state index in [0.29, 0.717) is 11.3 Å². The average molecular weight is 258 g/mol. The van der Waals surface area contributed by atoms with Gasteiger partial charge in [0.2, 0.25) is 5.96 Å². The largest absolute Gasteiger partial charge is 0.369 e. The Labute approximate surface area is 109 Å². The molecule has 0 amide bonds. The molecule has 0 spiro atoms. The van der Waals surface area contributed by atoms with Gasteiger partial charge in [0, 0.05) is 5.69 Å². The molecule has 0 aliphatic carbocycles. The highest BCUT2D eigenvalue weighted by Gasteiger charge is 2.09.